The van der Waals surface area contributed by atoms with Crippen molar-refractivity contribution in [1.82, 2.24) is 9.97 Å². The maximum Gasteiger partial charge on any atom is 0.151 e. The number of para-hydroxylation sites is 1. The standard InChI is InChI=1S/C16H17N5S/c1-22-16-14(11-17)15(18-12-19-16)21-9-7-20(8-10-21)13-5-3-2-4-6-13/h2-6,12H,7-10H2,1H3. The molecule has 0 saturated carbocycles. The second kappa shape index (κ2) is 6.67. The molecular weight excluding hydrogens is 294 g/mol. The first-order valence-corrected chi connectivity index (χ1v) is 8.40. The number of anilines is 2. The van der Waals surface area contributed by atoms with Crippen LogP contribution in [0, 0.1) is 11.3 Å². The number of thioether (sulfide) groups is 1. The van der Waals surface area contributed by atoms with Crippen LogP contribution in [0.15, 0.2) is 41.7 Å². The maximum atomic E-state index is 9.41. The Kier molecular flexibility index (Phi) is 4.45. The highest BCUT2D eigenvalue weighted by Gasteiger charge is 2.22. The van der Waals surface area contributed by atoms with Crippen LogP contribution in [0.2, 0.25) is 0 Å². The van der Waals surface area contributed by atoms with E-state index >= 15 is 0 Å². The second-order valence-electron chi connectivity index (χ2n) is 5.00. The molecule has 5 nitrogen and oxygen atoms in total. The number of rotatable bonds is 3. The molecule has 6 heteroatoms. The number of benzene rings is 1. The van der Waals surface area contributed by atoms with Gasteiger partial charge in [-0.1, -0.05) is 18.2 Å². The van der Waals surface area contributed by atoms with Gasteiger partial charge in [-0.25, -0.2) is 9.97 Å². The Hall–Kier alpha value is -2.26. The van der Waals surface area contributed by atoms with Crippen molar-refractivity contribution < 1.29 is 0 Å². The van der Waals surface area contributed by atoms with Gasteiger partial charge in [-0.05, 0) is 18.4 Å². The number of nitrogens with zero attached hydrogens (tertiary/aromatic N) is 5. The lowest BCUT2D eigenvalue weighted by Crippen LogP contribution is -2.47. The van der Waals surface area contributed by atoms with Crippen LogP contribution in [0.1, 0.15) is 5.56 Å². The van der Waals surface area contributed by atoms with Gasteiger partial charge in [-0.2, -0.15) is 5.26 Å². The first-order valence-electron chi connectivity index (χ1n) is 7.17. The summed E-state index contributed by atoms with van der Waals surface area (Å²) in [6.45, 7) is 3.56. The number of nitriles is 1. The maximum absolute atomic E-state index is 9.41. The summed E-state index contributed by atoms with van der Waals surface area (Å²) in [6.07, 6.45) is 3.48. The third-order valence-corrected chi connectivity index (χ3v) is 4.49. The monoisotopic (exact) mass is 311 g/mol. The molecule has 22 heavy (non-hydrogen) atoms. The smallest absolute Gasteiger partial charge is 0.151 e. The van der Waals surface area contributed by atoms with Gasteiger partial charge < -0.3 is 9.80 Å². The molecule has 1 fully saturated rings. The van der Waals surface area contributed by atoms with Crippen LogP contribution in [-0.2, 0) is 0 Å². The Balaban J connectivity index is 1.76. The summed E-state index contributed by atoms with van der Waals surface area (Å²) in [5, 5.41) is 10.2. The summed E-state index contributed by atoms with van der Waals surface area (Å²) in [7, 11) is 0. The fourth-order valence-electron chi connectivity index (χ4n) is 2.67. The van der Waals surface area contributed by atoms with Gasteiger partial charge in [0, 0.05) is 31.9 Å². The summed E-state index contributed by atoms with van der Waals surface area (Å²) in [5.74, 6) is 0.759. The van der Waals surface area contributed by atoms with Crippen molar-refractivity contribution in [3.05, 3.63) is 42.2 Å². The van der Waals surface area contributed by atoms with Crippen molar-refractivity contribution in [2.75, 3.05) is 42.2 Å². The highest BCUT2D eigenvalue weighted by Crippen LogP contribution is 2.26. The zero-order valence-electron chi connectivity index (χ0n) is 12.4. The summed E-state index contributed by atoms with van der Waals surface area (Å²) >= 11 is 1.48. The predicted molar refractivity (Wildman–Crippen MR) is 89.4 cm³/mol. The summed E-state index contributed by atoms with van der Waals surface area (Å²) in [4.78, 5) is 13.1. The molecule has 0 radical (unpaired) electrons. The molecule has 2 heterocycles. The first-order chi connectivity index (χ1) is 10.8. The largest absolute Gasteiger partial charge is 0.368 e. The van der Waals surface area contributed by atoms with Crippen molar-refractivity contribution in [1.29, 1.82) is 5.26 Å². The van der Waals surface area contributed by atoms with E-state index in [1.807, 2.05) is 12.3 Å². The van der Waals surface area contributed by atoms with Gasteiger partial charge >= 0.3 is 0 Å². The van der Waals surface area contributed by atoms with E-state index < -0.39 is 0 Å². The molecule has 0 bridgehead atoms. The van der Waals surface area contributed by atoms with Crippen molar-refractivity contribution in [2.24, 2.45) is 0 Å². The van der Waals surface area contributed by atoms with E-state index in [9.17, 15) is 5.26 Å². The van der Waals surface area contributed by atoms with Crippen LogP contribution in [0.4, 0.5) is 11.5 Å². The average Bonchev–Trinajstić information content (AvgIpc) is 2.62. The third kappa shape index (κ3) is 2.85. The molecule has 3 rings (SSSR count). The molecule has 0 atom stereocenters. The van der Waals surface area contributed by atoms with Crippen LogP contribution >= 0.6 is 11.8 Å². The van der Waals surface area contributed by atoms with E-state index in [0.29, 0.717) is 5.56 Å². The lowest BCUT2D eigenvalue weighted by Gasteiger charge is -2.37. The molecule has 0 aliphatic carbocycles. The predicted octanol–water partition coefficient (Wildman–Crippen LogP) is 2.40. The second-order valence-corrected chi connectivity index (χ2v) is 5.80. The first kappa shape index (κ1) is 14.7. The fourth-order valence-corrected chi connectivity index (χ4v) is 3.16. The van der Waals surface area contributed by atoms with Gasteiger partial charge in [-0.15, -0.1) is 11.8 Å². The van der Waals surface area contributed by atoms with E-state index in [1.165, 1.54) is 17.4 Å². The Labute approximate surface area is 134 Å². The lowest BCUT2D eigenvalue weighted by atomic mass is 10.2. The normalized spacial score (nSPS) is 14.7. The number of hydrogen-bond acceptors (Lipinski definition) is 6. The van der Waals surface area contributed by atoms with E-state index in [0.717, 1.165) is 37.0 Å². The quantitative estimate of drug-likeness (QED) is 0.641. The molecule has 1 aliphatic heterocycles. The zero-order chi connectivity index (χ0) is 15.4. The topological polar surface area (TPSA) is 56.1 Å². The summed E-state index contributed by atoms with van der Waals surface area (Å²) < 4.78 is 0. The molecule has 112 valence electrons. The van der Waals surface area contributed by atoms with Gasteiger partial charge in [0.25, 0.3) is 0 Å². The van der Waals surface area contributed by atoms with Gasteiger partial charge in [-0.3, -0.25) is 0 Å². The molecule has 1 aliphatic rings. The minimum Gasteiger partial charge on any atom is -0.368 e. The molecule has 1 aromatic heterocycles. The van der Waals surface area contributed by atoms with Crippen molar-refractivity contribution in [3.63, 3.8) is 0 Å². The van der Waals surface area contributed by atoms with Gasteiger partial charge in [0.15, 0.2) is 5.82 Å². The van der Waals surface area contributed by atoms with Gasteiger partial charge in [0.2, 0.25) is 0 Å². The van der Waals surface area contributed by atoms with Crippen LogP contribution < -0.4 is 9.80 Å². The number of piperazine rings is 1. The average molecular weight is 311 g/mol. The fraction of sp³-hybridized carbons (Fsp3) is 0.312. The Morgan fingerprint density at radius 1 is 1.05 bits per heavy atom. The molecule has 0 amide bonds. The van der Waals surface area contributed by atoms with Crippen LogP contribution in [0.5, 0.6) is 0 Å². The van der Waals surface area contributed by atoms with E-state index in [1.54, 1.807) is 6.33 Å². The van der Waals surface area contributed by atoms with E-state index in [-0.39, 0.29) is 0 Å². The van der Waals surface area contributed by atoms with Gasteiger partial charge in [0.1, 0.15) is 23.0 Å². The van der Waals surface area contributed by atoms with Gasteiger partial charge in [0.05, 0.1) is 0 Å². The Morgan fingerprint density at radius 3 is 2.36 bits per heavy atom. The molecular formula is C16H17N5S. The minimum atomic E-state index is 0.586. The number of aromatic nitrogens is 2. The highest BCUT2D eigenvalue weighted by molar-refractivity contribution is 7.98. The SMILES string of the molecule is CSc1ncnc(N2CCN(c3ccccc3)CC2)c1C#N. The molecule has 2 aromatic rings. The summed E-state index contributed by atoms with van der Waals surface area (Å²) in [6, 6.07) is 12.7. The van der Waals surface area contributed by atoms with Crippen LogP contribution in [0.3, 0.4) is 0 Å². The van der Waals surface area contributed by atoms with Crippen LogP contribution in [-0.4, -0.2) is 42.4 Å². The molecule has 0 spiro atoms. The Morgan fingerprint density at radius 2 is 1.73 bits per heavy atom. The highest BCUT2D eigenvalue weighted by atomic mass is 32.2. The van der Waals surface area contributed by atoms with Crippen molar-refractivity contribution in [3.8, 4) is 6.07 Å². The molecule has 0 unspecified atom stereocenters. The molecule has 1 aromatic carbocycles. The number of hydrogen-bond donors (Lipinski definition) is 0. The third-order valence-electron chi connectivity index (χ3n) is 3.80. The van der Waals surface area contributed by atoms with Crippen molar-refractivity contribution in [2.45, 2.75) is 5.03 Å². The van der Waals surface area contributed by atoms with E-state index in [4.69, 9.17) is 0 Å². The zero-order valence-corrected chi connectivity index (χ0v) is 13.3. The Bertz CT molecular complexity index is 675. The summed E-state index contributed by atoms with van der Waals surface area (Å²) in [5.41, 5.74) is 1.83. The minimum absolute atomic E-state index is 0.586. The van der Waals surface area contributed by atoms with Crippen molar-refractivity contribution >= 4 is 23.3 Å². The molecule has 1 saturated heterocycles. The lowest BCUT2D eigenvalue weighted by molar-refractivity contribution is 0.644. The van der Waals surface area contributed by atoms with Crippen LogP contribution in [0.25, 0.3) is 0 Å². The van der Waals surface area contributed by atoms with E-state index in [2.05, 4.69) is 50.1 Å². The molecule has 0 N–H and O–H groups in total.